The Hall–Kier alpha value is -2.50. The van der Waals surface area contributed by atoms with E-state index in [1.807, 2.05) is 4.90 Å². The summed E-state index contributed by atoms with van der Waals surface area (Å²) in [7, 11) is -4.10. The van der Waals surface area contributed by atoms with Crippen molar-refractivity contribution in [3.8, 4) is 0 Å². The van der Waals surface area contributed by atoms with Gasteiger partial charge in [0, 0.05) is 26.2 Å². The molecule has 1 amide bonds. The molecule has 6 nitrogen and oxygen atoms in total. The number of hydrogen-bond acceptors (Lipinski definition) is 4. The maximum Gasteiger partial charge on any atom is 0.416 e. The number of carbonyl (C=O) groups excluding carboxylic acids is 1. The summed E-state index contributed by atoms with van der Waals surface area (Å²) in [6.07, 6.45) is -4.64. The van der Waals surface area contributed by atoms with Gasteiger partial charge in [-0.25, -0.2) is 12.8 Å². The fourth-order valence-electron chi connectivity index (χ4n) is 3.65. The van der Waals surface area contributed by atoms with E-state index in [0.29, 0.717) is 6.07 Å². The van der Waals surface area contributed by atoms with Gasteiger partial charge in [0.05, 0.1) is 22.5 Å². The Morgan fingerprint density at radius 3 is 2.18 bits per heavy atom. The number of nitrogens with zero attached hydrogens (tertiary/aromatic N) is 2. The number of rotatable bonds is 6. The number of halogens is 4. The fourth-order valence-corrected chi connectivity index (χ4v) is 5.12. The summed E-state index contributed by atoms with van der Waals surface area (Å²) in [5, 5.41) is 2.86. The summed E-state index contributed by atoms with van der Waals surface area (Å²) in [5.74, 6) is -0.635. The molecular weight excluding hydrogens is 462 g/mol. The van der Waals surface area contributed by atoms with Crippen LogP contribution in [0.1, 0.15) is 31.0 Å². The standard InChI is InChI=1S/C22H25F4N3O3S/c1-15(17-6-8-19(23)9-7-17)27-21(30)16(2)28-10-12-29(13-11-28)33(31,32)20-5-3-4-18(14-20)22(24,25)26/h3-9,14-16H,10-13H2,1-2H3,(H,27,30). The van der Waals surface area contributed by atoms with Crippen LogP contribution >= 0.6 is 0 Å². The van der Waals surface area contributed by atoms with Crippen molar-refractivity contribution in [1.29, 1.82) is 0 Å². The topological polar surface area (TPSA) is 69.7 Å². The summed E-state index contributed by atoms with van der Waals surface area (Å²) in [4.78, 5) is 14.1. The average molecular weight is 488 g/mol. The van der Waals surface area contributed by atoms with E-state index < -0.39 is 32.7 Å². The predicted octanol–water partition coefficient (Wildman–Crippen LogP) is 3.42. The average Bonchev–Trinajstić information content (AvgIpc) is 2.78. The van der Waals surface area contributed by atoms with Crippen LogP contribution in [0.15, 0.2) is 53.4 Å². The monoisotopic (exact) mass is 487 g/mol. The predicted molar refractivity (Wildman–Crippen MR) is 114 cm³/mol. The normalized spacial score (nSPS) is 18.0. The smallest absolute Gasteiger partial charge is 0.348 e. The van der Waals surface area contributed by atoms with E-state index in [1.54, 1.807) is 26.0 Å². The van der Waals surface area contributed by atoms with Gasteiger partial charge in [0.1, 0.15) is 5.82 Å². The van der Waals surface area contributed by atoms with Crippen LogP contribution < -0.4 is 5.32 Å². The molecule has 1 saturated heterocycles. The first-order valence-corrected chi connectivity index (χ1v) is 11.8. The number of hydrogen-bond donors (Lipinski definition) is 1. The highest BCUT2D eigenvalue weighted by atomic mass is 32.2. The lowest BCUT2D eigenvalue weighted by Gasteiger charge is -2.37. The number of carbonyl (C=O) groups is 1. The molecule has 11 heteroatoms. The molecule has 2 aromatic carbocycles. The molecule has 1 aliphatic heterocycles. The molecule has 0 spiro atoms. The van der Waals surface area contributed by atoms with E-state index in [0.717, 1.165) is 28.1 Å². The molecule has 2 aromatic rings. The van der Waals surface area contributed by atoms with Crippen molar-refractivity contribution in [2.45, 2.75) is 37.0 Å². The van der Waals surface area contributed by atoms with Crippen LogP contribution in [0.2, 0.25) is 0 Å². The van der Waals surface area contributed by atoms with E-state index in [2.05, 4.69) is 5.32 Å². The zero-order chi connectivity index (χ0) is 24.4. The molecule has 0 bridgehead atoms. The summed E-state index contributed by atoms with van der Waals surface area (Å²) in [6, 6.07) is 8.57. The second-order valence-electron chi connectivity index (χ2n) is 7.92. The molecule has 180 valence electrons. The van der Waals surface area contributed by atoms with E-state index in [4.69, 9.17) is 0 Å². The molecule has 0 aliphatic carbocycles. The number of benzene rings is 2. The van der Waals surface area contributed by atoms with Crippen molar-refractivity contribution in [3.63, 3.8) is 0 Å². The molecule has 2 unspecified atom stereocenters. The fraction of sp³-hybridized carbons (Fsp3) is 0.409. The van der Waals surface area contributed by atoms with Gasteiger partial charge in [0.2, 0.25) is 15.9 Å². The van der Waals surface area contributed by atoms with Gasteiger partial charge in [-0.1, -0.05) is 18.2 Å². The van der Waals surface area contributed by atoms with Crippen molar-refractivity contribution in [3.05, 3.63) is 65.5 Å². The molecular formula is C22H25F4N3O3S. The quantitative estimate of drug-likeness (QED) is 0.634. The second kappa shape index (κ2) is 9.78. The molecule has 2 atom stereocenters. The van der Waals surface area contributed by atoms with Gasteiger partial charge in [0.15, 0.2) is 0 Å². The zero-order valence-corrected chi connectivity index (χ0v) is 19.0. The van der Waals surface area contributed by atoms with Gasteiger partial charge in [-0.2, -0.15) is 17.5 Å². The number of piperazine rings is 1. The van der Waals surface area contributed by atoms with Crippen LogP contribution in [0.5, 0.6) is 0 Å². The van der Waals surface area contributed by atoms with Crippen LogP contribution in [0.25, 0.3) is 0 Å². The van der Waals surface area contributed by atoms with Gasteiger partial charge in [-0.15, -0.1) is 0 Å². The van der Waals surface area contributed by atoms with Gasteiger partial charge >= 0.3 is 6.18 Å². The third-order valence-corrected chi connectivity index (χ3v) is 7.62. The highest BCUT2D eigenvalue weighted by Gasteiger charge is 2.35. The molecule has 3 rings (SSSR count). The highest BCUT2D eigenvalue weighted by Crippen LogP contribution is 2.31. The largest absolute Gasteiger partial charge is 0.416 e. The number of nitrogens with one attached hydrogen (secondary N) is 1. The molecule has 1 fully saturated rings. The first-order chi connectivity index (χ1) is 15.4. The maximum atomic E-state index is 13.1. The molecule has 1 aliphatic rings. The molecule has 0 radical (unpaired) electrons. The SMILES string of the molecule is CC(NC(=O)C(C)N1CCN(S(=O)(=O)c2cccc(C(F)(F)F)c2)CC1)c1ccc(F)cc1. The third kappa shape index (κ3) is 5.90. The van der Waals surface area contributed by atoms with Crippen LogP contribution in [-0.4, -0.2) is 55.8 Å². The lowest BCUT2D eigenvalue weighted by Crippen LogP contribution is -2.55. The molecule has 33 heavy (non-hydrogen) atoms. The van der Waals surface area contributed by atoms with E-state index >= 15 is 0 Å². The Balaban J connectivity index is 1.60. The van der Waals surface area contributed by atoms with Crippen molar-refractivity contribution >= 4 is 15.9 Å². The molecule has 0 aromatic heterocycles. The van der Waals surface area contributed by atoms with E-state index in [9.17, 15) is 30.8 Å². The Bertz CT molecular complexity index is 1080. The lowest BCUT2D eigenvalue weighted by molar-refractivity contribution is -0.137. The van der Waals surface area contributed by atoms with E-state index in [-0.39, 0.29) is 43.9 Å². The van der Waals surface area contributed by atoms with Crippen LogP contribution in [0.4, 0.5) is 17.6 Å². The number of amides is 1. The summed E-state index contributed by atoms with van der Waals surface area (Å²) >= 11 is 0. The van der Waals surface area contributed by atoms with Gasteiger partial charge in [-0.05, 0) is 49.7 Å². The first-order valence-electron chi connectivity index (χ1n) is 10.4. The Labute approximate surface area is 190 Å². The third-order valence-electron chi connectivity index (χ3n) is 5.73. The summed E-state index contributed by atoms with van der Waals surface area (Å²) in [6.45, 7) is 4.06. The molecule has 0 saturated carbocycles. The van der Waals surface area contributed by atoms with Gasteiger partial charge in [-0.3, -0.25) is 9.69 Å². The van der Waals surface area contributed by atoms with E-state index in [1.165, 1.54) is 12.1 Å². The first kappa shape index (κ1) is 25.1. The van der Waals surface area contributed by atoms with Gasteiger partial charge in [0.25, 0.3) is 0 Å². The summed E-state index contributed by atoms with van der Waals surface area (Å²) < 4.78 is 78.8. The van der Waals surface area contributed by atoms with Crippen molar-refractivity contribution in [2.24, 2.45) is 0 Å². The minimum Gasteiger partial charge on any atom is -0.348 e. The zero-order valence-electron chi connectivity index (χ0n) is 18.1. The van der Waals surface area contributed by atoms with Crippen molar-refractivity contribution in [2.75, 3.05) is 26.2 Å². The molecule has 1 heterocycles. The minimum absolute atomic E-state index is 0.0454. The van der Waals surface area contributed by atoms with Crippen LogP contribution in [0.3, 0.4) is 0 Å². The van der Waals surface area contributed by atoms with Crippen LogP contribution in [-0.2, 0) is 21.0 Å². The Morgan fingerprint density at radius 2 is 1.61 bits per heavy atom. The van der Waals surface area contributed by atoms with Crippen molar-refractivity contribution < 1.29 is 30.8 Å². The highest BCUT2D eigenvalue weighted by molar-refractivity contribution is 7.89. The van der Waals surface area contributed by atoms with Gasteiger partial charge < -0.3 is 5.32 Å². The maximum absolute atomic E-state index is 13.1. The second-order valence-corrected chi connectivity index (χ2v) is 9.86. The lowest BCUT2D eigenvalue weighted by atomic mass is 10.1. The summed E-state index contributed by atoms with van der Waals surface area (Å²) in [5.41, 5.74) is -0.281. The number of sulfonamides is 1. The minimum atomic E-state index is -4.64. The Kier molecular flexibility index (Phi) is 7.45. The van der Waals surface area contributed by atoms with Crippen LogP contribution in [0, 0.1) is 5.82 Å². The Morgan fingerprint density at radius 1 is 1.00 bits per heavy atom. The number of alkyl halides is 3. The molecule has 1 N–H and O–H groups in total. The van der Waals surface area contributed by atoms with Crippen molar-refractivity contribution in [1.82, 2.24) is 14.5 Å².